The Kier molecular flexibility index (Phi) is 13.3. The van der Waals surface area contributed by atoms with Crippen LogP contribution in [0.3, 0.4) is 0 Å². The fourth-order valence-electron chi connectivity index (χ4n) is 1.74. The minimum Gasteiger partial charge on any atom is -0.360 e. The van der Waals surface area contributed by atoms with Crippen molar-refractivity contribution in [1.29, 1.82) is 0 Å². The van der Waals surface area contributed by atoms with Crippen molar-refractivity contribution in [2.24, 2.45) is 0 Å². The molecule has 0 saturated carbocycles. The molecular weight excluding hydrogens is 256 g/mol. The molecule has 0 bridgehead atoms. The van der Waals surface area contributed by atoms with E-state index in [0.717, 1.165) is 24.6 Å². The van der Waals surface area contributed by atoms with Crippen molar-refractivity contribution in [2.45, 2.75) is 65.8 Å². The van der Waals surface area contributed by atoms with Gasteiger partial charge in [0.25, 0.3) is 0 Å². The molecule has 1 heterocycles. The zero-order valence-electron chi connectivity index (χ0n) is 12.9. The summed E-state index contributed by atoms with van der Waals surface area (Å²) in [5.74, 6) is 0. The minimum atomic E-state index is 0.618. The minimum absolute atomic E-state index is 0.618. The molecule has 1 rings (SSSR count). The summed E-state index contributed by atoms with van der Waals surface area (Å²) in [6.07, 6.45) is 6.23. The maximum Gasteiger partial charge on any atom is 0.205 e. The lowest BCUT2D eigenvalue weighted by molar-refractivity contribution is 0.466. The summed E-state index contributed by atoms with van der Waals surface area (Å²) in [5.41, 5.74) is 1.75. The van der Waals surface area contributed by atoms with Gasteiger partial charge in [-0.3, -0.25) is 0 Å². The molecule has 2 N–H and O–H groups in total. The van der Waals surface area contributed by atoms with E-state index in [1.807, 2.05) is 13.8 Å². The fraction of sp³-hybridized carbons (Fsp3) is 0.857. The predicted octanol–water partition coefficient (Wildman–Crippen LogP) is 3.92. The first kappa shape index (κ1) is 18.3. The topological polar surface area (TPSA) is 49.8 Å². The summed E-state index contributed by atoms with van der Waals surface area (Å²) in [5, 5.41) is 15.6. The average molecular weight is 286 g/mol. The maximum absolute atomic E-state index is 3.96. The molecule has 0 aliphatic rings. The van der Waals surface area contributed by atoms with E-state index < -0.39 is 0 Å². The number of anilines is 1. The lowest BCUT2D eigenvalue weighted by Crippen LogP contribution is -2.31. The summed E-state index contributed by atoms with van der Waals surface area (Å²) < 4.78 is 0. The summed E-state index contributed by atoms with van der Waals surface area (Å²) in [6, 6.07) is 0.618. The summed E-state index contributed by atoms with van der Waals surface area (Å²) in [6.45, 7) is 10.6. The number of nitrogens with one attached hydrogen (secondary N) is 2. The summed E-state index contributed by atoms with van der Waals surface area (Å²) >= 11 is 1.55. The Morgan fingerprint density at radius 2 is 2.00 bits per heavy atom. The number of unbranched alkanes of at least 4 members (excludes halogenated alkanes) is 2. The lowest BCUT2D eigenvalue weighted by atomic mass is 10.1. The standard InChI is InChI=1S/C12H24N4S.C2H6/c1-3-5-6-8-13-11(4-2)7-9-14-12-16-15-10-17-12;1-2/h10-11,13H,3-9H2,1-2H3,(H,14,16);1-2H3. The third kappa shape index (κ3) is 9.85. The average Bonchev–Trinajstić information content (AvgIpc) is 2.97. The van der Waals surface area contributed by atoms with Crippen molar-refractivity contribution in [3.63, 3.8) is 0 Å². The van der Waals surface area contributed by atoms with E-state index in [9.17, 15) is 0 Å². The molecule has 1 aromatic heterocycles. The second-order valence-corrected chi connectivity index (χ2v) is 5.06. The van der Waals surface area contributed by atoms with Crippen molar-refractivity contribution < 1.29 is 0 Å². The molecule has 0 aliphatic carbocycles. The first-order valence-electron chi connectivity index (χ1n) is 7.60. The van der Waals surface area contributed by atoms with E-state index in [1.54, 1.807) is 16.8 Å². The van der Waals surface area contributed by atoms with Gasteiger partial charge in [0.1, 0.15) is 5.51 Å². The summed E-state index contributed by atoms with van der Waals surface area (Å²) in [4.78, 5) is 0. The molecule has 4 nitrogen and oxygen atoms in total. The molecule has 1 atom stereocenters. The van der Waals surface area contributed by atoms with Gasteiger partial charge in [-0.1, -0.05) is 51.9 Å². The molecule has 0 aliphatic heterocycles. The highest BCUT2D eigenvalue weighted by atomic mass is 32.1. The Balaban J connectivity index is 0.00000154. The van der Waals surface area contributed by atoms with Crippen molar-refractivity contribution in [3.8, 4) is 0 Å². The van der Waals surface area contributed by atoms with Gasteiger partial charge < -0.3 is 10.6 Å². The van der Waals surface area contributed by atoms with Crippen LogP contribution in [-0.4, -0.2) is 29.3 Å². The molecule has 5 heteroatoms. The number of hydrogen-bond acceptors (Lipinski definition) is 5. The Bertz CT molecular complexity index is 264. The van der Waals surface area contributed by atoms with Crippen LogP contribution in [0.4, 0.5) is 5.13 Å². The first-order chi connectivity index (χ1) is 9.36. The highest BCUT2D eigenvalue weighted by Crippen LogP contribution is 2.08. The van der Waals surface area contributed by atoms with E-state index in [4.69, 9.17) is 0 Å². The third-order valence-electron chi connectivity index (χ3n) is 2.84. The molecule has 112 valence electrons. The Labute approximate surface area is 122 Å². The molecule has 1 unspecified atom stereocenters. The van der Waals surface area contributed by atoms with Gasteiger partial charge in [0.15, 0.2) is 0 Å². The third-order valence-corrected chi connectivity index (χ3v) is 3.48. The van der Waals surface area contributed by atoms with Crippen LogP contribution in [0.5, 0.6) is 0 Å². The van der Waals surface area contributed by atoms with Gasteiger partial charge in [0.2, 0.25) is 5.13 Å². The van der Waals surface area contributed by atoms with Crippen LogP contribution in [0, 0.1) is 0 Å². The van der Waals surface area contributed by atoms with E-state index in [-0.39, 0.29) is 0 Å². The zero-order chi connectivity index (χ0) is 14.3. The van der Waals surface area contributed by atoms with Gasteiger partial charge in [-0.15, -0.1) is 10.2 Å². The highest BCUT2D eigenvalue weighted by molar-refractivity contribution is 7.13. The van der Waals surface area contributed by atoms with Gasteiger partial charge in [-0.25, -0.2) is 0 Å². The Hall–Kier alpha value is -0.680. The number of nitrogens with zero attached hydrogens (tertiary/aromatic N) is 2. The van der Waals surface area contributed by atoms with Crippen LogP contribution in [0.25, 0.3) is 0 Å². The molecule has 0 spiro atoms. The van der Waals surface area contributed by atoms with Gasteiger partial charge >= 0.3 is 0 Å². The number of aromatic nitrogens is 2. The molecule has 0 fully saturated rings. The van der Waals surface area contributed by atoms with Gasteiger partial charge in [-0.2, -0.15) is 0 Å². The zero-order valence-corrected chi connectivity index (χ0v) is 13.7. The van der Waals surface area contributed by atoms with Crippen molar-refractivity contribution in [2.75, 3.05) is 18.4 Å². The predicted molar refractivity (Wildman–Crippen MR) is 86.0 cm³/mol. The Morgan fingerprint density at radius 3 is 2.58 bits per heavy atom. The van der Waals surface area contributed by atoms with E-state index in [0.29, 0.717) is 6.04 Å². The van der Waals surface area contributed by atoms with Crippen LogP contribution in [0.2, 0.25) is 0 Å². The quantitative estimate of drug-likeness (QED) is 0.640. The van der Waals surface area contributed by atoms with Crippen molar-refractivity contribution in [3.05, 3.63) is 5.51 Å². The molecule has 19 heavy (non-hydrogen) atoms. The van der Waals surface area contributed by atoms with E-state index >= 15 is 0 Å². The summed E-state index contributed by atoms with van der Waals surface area (Å²) in [7, 11) is 0. The van der Waals surface area contributed by atoms with Gasteiger partial charge in [-0.05, 0) is 25.8 Å². The first-order valence-corrected chi connectivity index (χ1v) is 8.48. The maximum atomic E-state index is 3.96. The van der Waals surface area contributed by atoms with Gasteiger partial charge in [0.05, 0.1) is 0 Å². The fourth-order valence-corrected chi connectivity index (χ4v) is 2.21. The molecule has 0 saturated heterocycles. The number of rotatable bonds is 10. The van der Waals surface area contributed by atoms with Crippen LogP contribution in [-0.2, 0) is 0 Å². The Morgan fingerprint density at radius 1 is 1.21 bits per heavy atom. The second-order valence-electron chi connectivity index (χ2n) is 4.23. The molecule has 0 radical (unpaired) electrons. The van der Waals surface area contributed by atoms with Crippen LogP contribution >= 0.6 is 11.3 Å². The van der Waals surface area contributed by atoms with Crippen LogP contribution in [0.15, 0.2) is 5.51 Å². The highest BCUT2D eigenvalue weighted by Gasteiger charge is 2.05. The smallest absolute Gasteiger partial charge is 0.205 e. The van der Waals surface area contributed by atoms with E-state index in [1.165, 1.54) is 25.7 Å². The molecular formula is C14H30N4S. The largest absolute Gasteiger partial charge is 0.360 e. The molecule has 0 amide bonds. The van der Waals surface area contributed by atoms with Crippen molar-refractivity contribution in [1.82, 2.24) is 15.5 Å². The van der Waals surface area contributed by atoms with Crippen LogP contribution in [0.1, 0.15) is 59.8 Å². The second kappa shape index (κ2) is 13.7. The molecule has 0 aromatic carbocycles. The lowest BCUT2D eigenvalue weighted by Gasteiger charge is -2.16. The monoisotopic (exact) mass is 286 g/mol. The van der Waals surface area contributed by atoms with Crippen LogP contribution < -0.4 is 10.6 Å². The normalized spacial score (nSPS) is 11.6. The van der Waals surface area contributed by atoms with Gasteiger partial charge in [0, 0.05) is 12.6 Å². The number of hydrogen-bond donors (Lipinski definition) is 2. The van der Waals surface area contributed by atoms with Crippen molar-refractivity contribution >= 4 is 16.5 Å². The molecule has 1 aromatic rings. The SMILES string of the molecule is CC.CCCCCNC(CC)CCNc1nncs1. The van der Waals surface area contributed by atoms with E-state index in [2.05, 4.69) is 34.7 Å².